The first kappa shape index (κ1) is 58.5. The SMILES string of the molecule is CC/C=C/C=C/C=C\C=C/C=C/CCCC(CC(=O)NC(CO)C(O)CCCCCCCCCCCCCCCCCCC)OC(=O)CCCCC\C=C/C=C\C=C\C=C\CC. The van der Waals surface area contributed by atoms with Crippen molar-refractivity contribution in [1.29, 1.82) is 0 Å². The number of carbonyl (C=O) groups is 2. The van der Waals surface area contributed by atoms with Crippen molar-refractivity contribution < 1.29 is 24.5 Å². The molecule has 6 nitrogen and oxygen atoms in total. The predicted octanol–water partition coefficient (Wildman–Crippen LogP) is 15.1. The number of carbonyl (C=O) groups excluding carboxylic acids is 2. The third-order valence-electron chi connectivity index (χ3n) is 10.8. The lowest BCUT2D eigenvalue weighted by atomic mass is 10.0. The van der Waals surface area contributed by atoms with Gasteiger partial charge < -0.3 is 20.3 Å². The summed E-state index contributed by atoms with van der Waals surface area (Å²) >= 11 is 0. The minimum atomic E-state index is -0.820. The van der Waals surface area contributed by atoms with Crippen molar-refractivity contribution in [3.05, 3.63) is 109 Å². The van der Waals surface area contributed by atoms with E-state index >= 15 is 0 Å². The number of hydrogen-bond donors (Lipinski definition) is 3. The molecule has 6 heteroatoms. The van der Waals surface area contributed by atoms with Gasteiger partial charge in [-0.25, -0.2) is 0 Å². The highest BCUT2D eigenvalue weighted by Gasteiger charge is 2.24. The standard InChI is InChI=1S/C56H93NO5/c1-4-7-10-13-16-19-22-25-26-27-28-31-33-36-39-42-45-48-54(59)53(51-58)57-55(60)50-52(47-44-41-38-35-32-29-23-20-17-14-11-8-5-2)62-56(61)49-46-43-40-37-34-30-24-21-18-15-12-9-6-3/h8-9,11-12,14-15,17-18,20-21,23-24,29-30,32,34-35,38,52-54,58-59H,4-7,10,13,16,19,22,25-28,31,33,36-37,39-51H2,1-3H3,(H,57,60)/b11-8+,12-9+,17-14+,18-15+,23-20-,24-21-,32-29-,34-30-,38-35+. The molecule has 3 unspecified atom stereocenters. The van der Waals surface area contributed by atoms with E-state index < -0.39 is 18.2 Å². The number of aliphatic hydroxyl groups excluding tert-OH is 2. The minimum Gasteiger partial charge on any atom is -0.462 e. The van der Waals surface area contributed by atoms with E-state index in [1.807, 2.05) is 79.0 Å². The van der Waals surface area contributed by atoms with Gasteiger partial charge in [0, 0.05) is 6.42 Å². The fourth-order valence-electron chi connectivity index (χ4n) is 7.06. The van der Waals surface area contributed by atoms with E-state index in [4.69, 9.17) is 4.74 Å². The number of amides is 1. The molecule has 0 aromatic carbocycles. The number of aliphatic hydroxyl groups is 2. The molecule has 0 aliphatic carbocycles. The average molecular weight is 860 g/mol. The Hall–Kier alpha value is -3.48. The molecule has 0 bridgehead atoms. The topological polar surface area (TPSA) is 95.9 Å². The van der Waals surface area contributed by atoms with Crippen LogP contribution in [-0.4, -0.2) is 46.9 Å². The van der Waals surface area contributed by atoms with Crippen LogP contribution in [0.3, 0.4) is 0 Å². The fourth-order valence-corrected chi connectivity index (χ4v) is 7.06. The van der Waals surface area contributed by atoms with Gasteiger partial charge in [-0.3, -0.25) is 9.59 Å². The van der Waals surface area contributed by atoms with E-state index in [1.54, 1.807) is 0 Å². The normalized spacial score (nSPS) is 14.2. The van der Waals surface area contributed by atoms with E-state index in [2.05, 4.69) is 56.5 Å². The van der Waals surface area contributed by atoms with Gasteiger partial charge in [0.15, 0.2) is 0 Å². The summed E-state index contributed by atoms with van der Waals surface area (Å²) < 4.78 is 5.86. The Kier molecular flexibility index (Phi) is 45.8. The summed E-state index contributed by atoms with van der Waals surface area (Å²) in [6, 6.07) is -0.740. The molecule has 0 aromatic rings. The number of esters is 1. The highest BCUT2D eigenvalue weighted by molar-refractivity contribution is 5.77. The zero-order valence-corrected chi connectivity index (χ0v) is 40.0. The number of unbranched alkanes of at least 4 members (excludes halogenated alkanes) is 20. The molecule has 0 aliphatic heterocycles. The van der Waals surface area contributed by atoms with Gasteiger partial charge in [-0.05, 0) is 57.8 Å². The van der Waals surface area contributed by atoms with E-state index in [1.165, 1.54) is 89.9 Å². The van der Waals surface area contributed by atoms with Gasteiger partial charge in [-0.1, -0.05) is 246 Å². The van der Waals surface area contributed by atoms with E-state index in [0.29, 0.717) is 19.3 Å². The first-order valence-electron chi connectivity index (χ1n) is 25.2. The molecule has 3 N–H and O–H groups in total. The number of ether oxygens (including phenoxy) is 1. The van der Waals surface area contributed by atoms with Crippen molar-refractivity contribution in [2.24, 2.45) is 0 Å². The van der Waals surface area contributed by atoms with Crippen LogP contribution in [0.2, 0.25) is 0 Å². The van der Waals surface area contributed by atoms with Gasteiger partial charge in [0.05, 0.1) is 25.2 Å². The van der Waals surface area contributed by atoms with Crippen LogP contribution in [0.1, 0.15) is 207 Å². The molecular weight excluding hydrogens is 767 g/mol. The van der Waals surface area contributed by atoms with E-state index in [-0.39, 0.29) is 24.9 Å². The molecule has 0 saturated heterocycles. The fraction of sp³-hybridized carbons (Fsp3) is 0.643. The molecule has 352 valence electrons. The monoisotopic (exact) mass is 860 g/mol. The van der Waals surface area contributed by atoms with Crippen molar-refractivity contribution in [3.8, 4) is 0 Å². The van der Waals surface area contributed by atoms with Crippen LogP contribution >= 0.6 is 0 Å². The third-order valence-corrected chi connectivity index (χ3v) is 10.8. The van der Waals surface area contributed by atoms with Crippen molar-refractivity contribution in [1.82, 2.24) is 5.32 Å². The second kappa shape index (κ2) is 48.6. The van der Waals surface area contributed by atoms with Crippen molar-refractivity contribution in [2.75, 3.05) is 6.61 Å². The number of hydrogen-bond acceptors (Lipinski definition) is 5. The van der Waals surface area contributed by atoms with Gasteiger partial charge in [-0.2, -0.15) is 0 Å². The summed E-state index contributed by atoms with van der Waals surface area (Å²) in [5.74, 6) is -0.603. The lowest BCUT2D eigenvalue weighted by Gasteiger charge is -2.24. The van der Waals surface area contributed by atoms with Crippen LogP contribution < -0.4 is 5.32 Å². The van der Waals surface area contributed by atoms with Gasteiger partial charge >= 0.3 is 5.97 Å². The molecule has 0 heterocycles. The molecule has 1 amide bonds. The van der Waals surface area contributed by atoms with Crippen LogP contribution in [0, 0.1) is 0 Å². The largest absolute Gasteiger partial charge is 0.462 e. The average Bonchev–Trinajstić information content (AvgIpc) is 3.26. The van der Waals surface area contributed by atoms with Crippen LogP contribution in [0.25, 0.3) is 0 Å². The molecule has 0 rings (SSSR count). The summed E-state index contributed by atoms with van der Waals surface area (Å²) in [4.78, 5) is 26.1. The van der Waals surface area contributed by atoms with Crippen molar-refractivity contribution in [2.45, 2.75) is 225 Å². The highest BCUT2D eigenvalue weighted by atomic mass is 16.5. The van der Waals surface area contributed by atoms with Crippen LogP contribution in [0.4, 0.5) is 0 Å². The number of allylic oxidation sites excluding steroid dienone is 18. The zero-order chi connectivity index (χ0) is 45.2. The molecule has 0 aromatic heterocycles. The highest BCUT2D eigenvalue weighted by Crippen LogP contribution is 2.17. The smallest absolute Gasteiger partial charge is 0.306 e. The molecule has 0 spiro atoms. The Labute approximate surface area is 381 Å². The Bertz CT molecular complexity index is 1280. The first-order valence-corrected chi connectivity index (χ1v) is 25.2. The third kappa shape index (κ3) is 43.2. The molecule has 0 radical (unpaired) electrons. The van der Waals surface area contributed by atoms with Crippen molar-refractivity contribution >= 4 is 11.9 Å². The molecule has 0 aliphatic rings. The second-order valence-corrected chi connectivity index (χ2v) is 16.7. The summed E-state index contributed by atoms with van der Waals surface area (Å²) in [6.07, 6.45) is 65.8. The van der Waals surface area contributed by atoms with Gasteiger partial charge in [0.25, 0.3) is 0 Å². The maximum Gasteiger partial charge on any atom is 0.306 e. The van der Waals surface area contributed by atoms with Crippen LogP contribution in [0.5, 0.6) is 0 Å². The first-order chi connectivity index (χ1) is 30.5. The van der Waals surface area contributed by atoms with Gasteiger partial charge in [0.1, 0.15) is 6.10 Å². The zero-order valence-electron chi connectivity index (χ0n) is 40.0. The summed E-state index contributed by atoms with van der Waals surface area (Å²) in [6.45, 7) is 6.16. The quantitative estimate of drug-likeness (QED) is 0.0322. The van der Waals surface area contributed by atoms with Gasteiger partial charge in [0.2, 0.25) is 5.91 Å². The molecule has 3 atom stereocenters. The molecular formula is C56H93NO5. The Balaban J connectivity index is 4.69. The summed E-state index contributed by atoms with van der Waals surface area (Å²) in [5.41, 5.74) is 0. The Morgan fingerprint density at radius 1 is 0.484 bits per heavy atom. The second-order valence-electron chi connectivity index (χ2n) is 16.7. The summed E-state index contributed by atoms with van der Waals surface area (Å²) in [7, 11) is 0. The maximum atomic E-state index is 13.2. The van der Waals surface area contributed by atoms with E-state index in [0.717, 1.165) is 70.6 Å². The minimum absolute atomic E-state index is 0.00580. The van der Waals surface area contributed by atoms with Crippen LogP contribution in [-0.2, 0) is 14.3 Å². The number of rotatable bonds is 43. The lowest BCUT2D eigenvalue weighted by molar-refractivity contribution is -0.151. The predicted molar refractivity (Wildman–Crippen MR) is 268 cm³/mol. The number of nitrogens with one attached hydrogen (secondary N) is 1. The maximum absolute atomic E-state index is 13.2. The van der Waals surface area contributed by atoms with Crippen LogP contribution in [0.15, 0.2) is 109 Å². The van der Waals surface area contributed by atoms with Crippen molar-refractivity contribution in [3.63, 3.8) is 0 Å². The Morgan fingerprint density at radius 2 is 0.887 bits per heavy atom. The lowest BCUT2D eigenvalue weighted by Crippen LogP contribution is -2.46. The Morgan fingerprint density at radius 3 is 1.34 bits per heavy atom. The molecule has 0 fully saturated rings. The molecule has 62 heavy (non-hydrogen) atoms. The van der Waals surface area contributed by atoms with Gasteiger partial charge in [-0.15, -0.1) is 0 Å². The molecule has 0 saturated carbocycles. The van der Waals surface area contributed by atoms with E-state index in [9.17, 15) is 19.8 Å². The summed E-state index contributed by atoms with van der Waals surface area (Å²) in [5, 5.41) is 23.7.